The number of ether oxygens (including phenoxy) is 1. The molecule has 0 aliphatic carbocycles. The zero-order valence-electron chi connectivity index (χ0n) is 19.0. The van der Waals surface area contributed by atoms with Crippen LogP contribution in [0.2, 0.25) is 0 Å². The zero-order valence-corrected chi connectivity index (χ0v) is 19.0. The molecular weight excluding hydrogens is 433 g/mol. The SMILES string of the molecule is CCN[C@H]1CN(c2ccc(N3CCN(C(=O)NCCCCCC(=O)O)CC3)c(F)c2)C(O)O1. The highest BCUT2D eigenvalue weighted by Crippen LogP contribution is 2.29. The van der Waals surface area contributed by atoms with Crippen molar-refractivity contribution in [3.8, 4) is 0 Å². The summed E-state index contributed by atoms with van der Waals surface area (Å²) in [6, 6.07) is 4.72. The van der Waals surface area contributed by atoms with Crippen molar-refractivity contribution in [1.82, 2.24) is 15.5 Å². The molecule has 0 radical (unpaired) electrons. The number of carbonyl (C=O) groups is 2. The van der Waals surface area contributed by atoms with Gasteiger partial charge in [-0.05, 0) is 37.6 Å². The number of hydrogen-bond donors (Lipinski definition) is 4. The van der Waals surface area contributed by atoms with Crippen LogP contribution in [0.4, 0.5) is 20.6 Å². The van der Waals surface area contributed by atoms with Gasteiger partial charge in [0.2, 0.25) is 6.41 Å². The van der Waals surface area contributed by atoms with Gasteiger partial charge in [0.25, 0.3) is 0 Å². The van der Waals surface area contributed by atoms with Crippen LogP contribution in [0.25, 0.3) is 0 Å². The highest BCUT2D eigenvalue weighted by molar-refractivity contribution is 5.74. The number of nitrogens with zero attached hydrogens (tertiary/aromatic N) is 3. The maximum absolute atomic E-state index is 14.9. The molecule has 2 aliphatic rings. The highest BCUT2D eigenvalue weighted by atomic mass is 19.1. The molecule has 184 valence electrons. The van der Waals surface area contributed by atoms with Gasteiger partial charge in [0, 0.05) is 44.8 Å². The van der Waals surface area contributed by atoms with Crippen molar-refractivity contribution in [2.75, 3.05) is 55.6 Å². The molecule has 2 amide bonds. The quantitative estimate of drug-likeness (QED) is 0.381. The van der Waals surface area contributed by atoms with Crippen LogP contribution in [-0.4, -0.2) is 85.6 Å². The maximum atomic E-state index is 14.9. The van der Waals surface area contributed by atoms with E-state index in [4.69, 9.17) is 9.84 Å². The van der Waals surface area contributed by atoms with E-state index in [-0.39, 0.29) is 24.5 Å². The van der Waals surface area contributed by atoms with E-state index >= 15 is 0 Å². The number of carboxylic acid groups (broad SMARTS) is 1. The minimum Gasteiger partial charge on any atom is -0.481 e. The van der Waals surface area contributed by atoms with Crippen LogP contribution in [0.5, 0.6) is 0 Å². The number of unbranched alkanes of at least 4 members (excludes halogenated alkanes) is 2. The van der Waals surface area contributed by atoms with Gasteiger partial charge in [0.05, 0.1) is 12.2 Å². The summed E-state index contributed by atoms with van der Waals surface area (Å²) >= 11 is 0. The molecule has 1 aromatic carbocycles. The Morgan fingerprint density at radius 2 is 1.94 bits per heavy atom. The van der Waals surface area contributed by atoms with Gasteiger partial charge in [-0.25, -0.2) is 9.18 Å². The second-order valence-electron chi connectivity index (χ2n) is 8.21. The molecule has 2 saturated heterocycles. The van der Waals surface area contributed by atoms with Crippen molar-refractivity contribution in [3.63, 3.8) is 0 Å². The van der Waals surface area contributed by atoms with E-state index < -0.39 is 12.4 Å². The Bertz CT molecular complexity index is 805. The maximum Gasteiger partial charge on any atom is 0.317 e. The number of piperazine rings is 1. The fourth-order valence-electron chi connectivity index (χ4n) is 4.07. The van der Waals surface area contributed by atoms with E-state index in [2.05, 4.69) is 10.6 Å². The summed E-state index contributed by atoms with van der Waals surface area (Å²) in [6.45, 7) is 5.57. The number of hydrogen-bond acceptors (Lipinski definition) is 7. The molecule has 2 aliphatic heterocycles. The Morgan fingerprint density at radius 3 is 2.61 bits per heavy atom. The third-order valence-corrected chi connectivity index (χ3v) is 5.86. The van der Waals surface area contributed by atoms with Gasteiger partial charge >= 0.3 is 12.0 Å². The Labute approximate surface area is 193 Å². The Hall–Kier alpha value is -2.63. The summed E-state index contributed by atoms with van der Waals surface area (Å²) in [5.41, 5.74) is 1.01. The molecule has 2 atom stereocenters. The summed E-state index contributed by atoms with van der Waals surface area (Å²) in [5.74, 6) is -1.19. The Morgan fingerprint density at radius 1 is 1.18 bits per heavy atom. The summed E-state index contributed by atoms with van der Waals surface area (Å²) in [7, 11) is 0. The van der Waals surface area contributed by atoms with Crippen molar-refractivity contribution in [3.05, 3.63) is 24.0 Å². The van der Waals surface area contributed by atoms with Gasteiger partial charge in [-0.3, -0.25) is 10.1 Å². The number of rotatable bonds is 10. The lowest BCUT2D eigenvalue weighted by molar-refractivity contribution is -0.137. The van der Waals surface area contributed by atoms with E-state index in [1.54, 1.807) is 21.9 Å². The van der Waals surface area contributed by atoms with Crippen LogP contribution >= 0.6 is 0 Å². The fraction of sp³-hybridized carbons (Fsp3) is 0.636. The number of likely N-dealkylation sites (N-methyl/N-ethyl adjacent to an activating group) is 1. The lowest BCUT2D eigenvalue weighted by Gasteiger charge is -2.36. The number of aliphatic carboxylic acids is 1. The standard InChI is InChI=1S/C22H34FN5O5/c1-2-24-19-15-28(22(32)33-19)16-7-8-18(17(23)14-16)26-10-12-27(13-11-26)21(31)25-9-5-3-4-6-20(29)30/h7-8,14,19,22,24,32H,2-6,9-13,15H2,1H3,(H,25,31)(H,29,30)/t19-,22?/m1/s1. The molecule has 1 unspecified atom stereocenters. The van der Waals surface area contributed by atoms with E-state index in [0.717, 1.165) is 12.8 Å². The molecule has 11 heteroatoms. The van der Waals surface area contributed by atoms with Gasteiger partial charge in [-0.1, -0.05) is 13.3 Å². The van der Waals surface area contributed by atoms with Crippen LogP contribution in [0.15, 0.2) is 18.2 Å². The van der Waals surface area contributed by atoms with Crippen LogP contribution < -0.4 is 20.4 Å². The normalized spacial score (nSPS) is 20.9. The first-order valence-corrected chi connectivity index (χ1v) is 11.5. The predicted molar refractivity (Wildman–Crippen MR) is 122 cm³/mol. The monoisotopic (exact) mass is 467 g/mol. The van der Waals surface area contributed by atoms with Crippen molar-refractivity contribution in [1.29, 1.82) is 0 Å². The number of halogens is 1. The van der Waals surface area contributed by atoms with Gasteiger partial charge < -0.3 is 35.0 Å². The summed E-state index contributed by atoms with van der Waals surface area (Å²) < 4.78 is 20.3. The number of nitrogens with one attached hydrogen (secondary N) is 2. The van der Waals surface area contributed by atoms with Crippen LogP contribution in [0.3, 0.4) is 0 Å². The number of carboxylic acids is 1. The Balaban J connectivity index is 1.45. The summed E-state index contributed by atoms with van der Waals surface area (Å²) in [4.78, 5) is 28.0. The van der Waals surface area contributed by atoms with Crippen LogP contribution in [0, 0.1) is 5.82 Å². The van der Waals surface area contributed by atoms with Crippen molar-refractivity contribution in [2.24, 2.45) is 0 Å². The number of urea groups is 1. The highest BCUT2D eigenvalue weighted by Gasteiger charge is 2.32. The van der Waals surface area contributed by atoms with Crippen molar-refractivity contribution >= 4 is 23.4 Å². The zero-order chi connectivity index (χ0) is 23.8. The molecule has 10 nitrogen and oxygen atoms in total. The molecule has 33 heavy (non-hydrogen) atoms. The predicted octanol–water partition coefficient (Wildman–Crippen LogP) is 1.35. The number of aliphatic hydroxyl groups is 1. The molecule has 4 N–H and O–H groups in total. The van der Waals surface area contributed by atoms with Gasteiger partial charge in [-0.15, -0.1) is 0 Å². The van der Waals surface area contributed by atoms with E-state index in [0.29, 0.717) is 63.6 Å². The largest absolute Gasteiger partial charge is 0.481 e. The number of amides is 2. The third-order valence-electron chi connectivity index (χ3n) is 5.86. The second-order valence-corrected chi connectivity index (χ2v) is 8.21. The molecule has 0 aromatic heterocycles. The average molecular weight is 468 g/mol. The molecule has 0 bridgehead atoms. The van der Waals surface area contributed by atoms with E-state index in [1.165, 1.54) is 6.07 Å². The van der Waals surface area contributed by atoms with E-state index in [9.17, 15) is 19.1 Å². The lowest BCUT2D eigenvalue weighted by Crippen LogP contribution is -2.52. The molecule has 2 fully saturated rings. The number of benzene rings is 1. The molecule has 2 heterocycles. The average Bonchev–Trinajstić information content (AvgIpc) is 3.16. The second kappa shape index (κ2) is 12.0. The minimum atomic E-state index is -1.13. The topological polar surface area (TPSA) is 118 Å². The van der Waals surface area contributed by atoms with Crippen molar-refractivity contribution < 1.29 is 28.9 Å². The molecular formula is C22H34FN5O5. The molecule has 0 spiro atoms. The van der Waals surface area contributed by atoms with Gasteiger partial charge in [0.1, 0.15) is 12.0 Å². The van der Waals surface area contributed by atoms with Crippen LogP contribution in [0.1, 0.15) is 32.6 Å². The minimum absolute atomic E-state index is 0.149. The molecule has 1 aromatic rings. The molecule has 3 rings (SSSR count). The van der Waals surface area contributed by atoms with Crippen molar-refractivity contribution in [2.45, 2.75) is 45.2 Å². The van der Waals surface area contributed by atoms with Crippen LogP contribution in [-0.2, 0) is 9.53 Å². The van der Waals surface area contributed by atoms with E-state index in [1.807, 2.05) is 11.8 Å². The smallest absolute Gasteiger partial charge is 0.317 e. The third kappa shape index (κ3) is 6.92. The lowest BCUT2D eigenvalue weighted by atomic mass is 10.2. The Kier molecular flexibility index (Phi) is 9.10. The number of carbonyl (C=O) groups excluding carboxylic acids is 1. The first-order valence-electron chi connectivity index (χ1n) is 11.5. The number of aliphatic hydroxyl groups excluding tert-OH is 1. The first-order chi connectivity index (χ1) is 15.9. The summed E-state index contributed by atoms with van der Waals surface area (Å²) in [6.07, 6.45) is 0.814. The molecule has 0 saturated carbocycles. The fourth-order valence-corrected chi connectivity index (χ4v) is 4.07. The number of anilines is 2. The summed E-state index contributed by atoms with van der Waals surface area (Å²) in [5, 5.41) is 24.7. The first kappa shape index (κ1) is 25.0. The van der Waals surface area contributed by atoms with Gasteiger partial charge in [0.15, 0.2) is 0 Å². The van der Waals surface area contributed by atoms with Gasteiger partial charge in [-0.2, -0.15) is 0 Å².